The molecule has 39 heavy (non-hydrogen) atoms. The quantitative estimate of drug-likeness (QED) is 0.368. The maximum Gasteiger partial charge on any atom is 0.249 e. The van der Waals surface area contributed by atoms with Gasteiger partial charge in [-0.25, -0.2) is 0 Å². The molecule has 1 unspecified atom stereocenters. The molecule has 4 aliphatic heterocycles. The third-order valence-electron chi connectivity index (χ3n) is 8.87. The SMILES string of the molecule is CCCN1CC=C[C@@]2(CC)O[C@]34C=CCN(Cc5ccccc5)C(=O)C3N(CCCCCO)C(=O)[C@@H]4[C@H]2C1=O. The molecule has 1 spiro atoms. The molecule has 1 N–H and O–H groups in total. The number of rotatable bonds is 10. The highest BCUT2D eigenvalue weighted by atomic mass is 16.5. The van der Waals surface area contributed by atoms with Crippen LogP contribution < -0.4 is 0 Å². The summed E-state index contributed by atoms with van der Waals surface area (Å²) in [4.78, 5) is 48.2. The topological polar surface area (TPSA) is 90.4 Å². The first kappa shape index (κ1) is 27.6. The van der Waals surface area contributed by atoms with Gasteiger partial charge in [0.2, 0.25) is 17.7 Å². The number of carbonyl (C=O) groups is 3. The predicted octanol–water partition coefficient (Wildman–Crippen LogP) is 2.92. The van der Waals surface area contributed by atoms with Crippen LogP contribution in [-0.2, 0) is 25.7 Å². The summed E-state index contributed by atoms with van der Waals surface area (Å²) >= 11 is 0. The molecule has 8 heteroatoms. The lowest BCUT2D eigenvalue weighted by Crippen LogP contribution is -2.56. The van der Waals surface area contributed by atoms with Crippen molar-refractivity contribution in [1.29, 1.82) is 0 Å². The van der Waals surface area contributed by atoms with Crippen molar-refractivity contribution in [2.75, 3.05) is 32.8 Å². The van der Waals surface area contributed by atoms with Crippen LogP contribution in [0.4, 0.5) is 0 Å². The van der Waals surface area contributed by atoms with E-state index in [0.29, 0.717) is 52.0 Å². The summed E-state index contributed by atoms with van der Waals surface area (Å²) in [5.74, 6) is -1.85. The Kier molecular flexibility index (Phi) is 7.96. The average Bonchev–Trinajstić information content (AvgIpc) is 3.24. The van der Waals surface area contributed by atoms with Crippen LogP contribution in [0.2, 0.25) is 0 Å². The Bertz CT molecular complexity index is 1140. The van der Waals surface area contributed by atoms with Crippen LogP contribution in [0.5, 0.6) is 0 Å². The normalized spacial score (nSPS) is 31.8. The molecule has 4 aliphatic rings. The first-order chi connectivity index (χ1) is 18.9. The first-order valence-corrected chi connectivity index (χ1v) is 14.5. The molecule has 8 nitrogen and oxygen atoms in total. The molecule has 2 saturated heterocycles. The van der Waals surface area contributed by atoms with Crippen molar-refractivity contribution < 1.29 is 24.2 Å². The van der Waals surface area contributed by atoms with E-state index in [4.69, 9.17) is 4.74 Å². The van der Waals surface area contributed by atoms with E-state index in [-0.39, 0.29) is 24.3 Å². The zero-order valence-corrected chi connectivity index (χ0v) is 23.1. The number of hydrogen-bond acceptors (Lipinski definition) is 5. The minimum atomic E-state index is -1.22. The standard InChI is InChI=1S/C31H41N3O5/c1-3-17-32-18-11-15-30(4-2)24(27(32)36)25-28(37)34(20-9-6-10-21-35)26-29(38)33(19-12-16-31(25,26)39-30)22-23-13-7-5-8-14-23/h5,7-8,11-16,24-26,35H,3-4,6,9-10,17-22H2,1-2H3/t24-,25-,26?,30+,31-/m0/s1. The van der Waals surface area contributed by atoms with E-state index in [1.807, 2.05) is 73.4 Å². The van der Waals surface area contributed by atoms with Gasteiger partial charge in [-0.1, -0.05) is 68.5 Å². The molecule has 5 rings (SSSR count). The highest BCUT2D eigenvalue weighted by molar-refractivity contribution is 6.00. The molecule has 1 aromatic carbocycles. The number of carbonyl (C=O) groups excluding carboxylic acids is 3. The Morgan fingerprint density at radius 1 is 0.872 bits per heavy atom. The van der Waals surface area contributed by atoms with Crippen LogP contribution in [0.1, 0.15) is 51.5 Å². The van der Waals surface area contributed by atoms with Gasteiger partial charge in [-0.3, -0.25) is 14.4 Å². The molecule has 3 amide bonds. The van der Waals surface area contributed by atoms with Crippen LogP contribution in [0, 0.1) is 11.8 Å². The average molecular weight is 536 g/mol. The number of aliphatic hydroxyl groups excluding tert-OH is 1. The van der Waals surface area contributed by atoms with Gasteiger partial charge >= 0.3 is 0 Å². The van der Waals surface area contributed by atoms with Gasteiger partial charge in [-0.15, -0.1) is 0 Å². The Labute approximate surface area is 231 Å². The third-order valence-corrected chi connectivity index (χ3v) is 8.87. The summed E-state index contributed by atoms with van der Waals surface area (Å²) in [6, 6.07) is 9.00. The van der Waals surface area contributed by atoms with Crippen molar-refractivity contribution in [3.05, 3.63) is 60.2 Å². The molecule has 1 aromatic rings. The van der Waals surface area contributed by atoms with Crippen molar-refractivity contribution in [1.82, 2.24) is 14.7 Å². The van der Waals surface area contributed by atoms with Crippen LogP contribution in [0.15, 0.2) is 54.6 Å². The molecule has 0 saturated carbocycles. The fraction of sp³-hybridized carbons (Fsp3) is 0.581. The van der Waals surface area contributed by atoms with Gasteiger partial charge < -0.3 is 24.5 Å². The highest BCUT2D eigenvalue weighted by Crippen LogP contribution is 2.58. The maximum absolute atomic E-state index is 14.4. The molecule has 5 atom stereocenters. The summed E-state index contributed by atoms with van der Waals surface area (Å²) < 4.78 is 7.00. The van der Waals surface area contributed by atoms with Crippen molar-refractivity contribution in [3.8, 4) is 0 Å². The second kappa shape index (κ2) is 11.3. The summed E-state index contributed by atoms with van der Waals surface area (Å²) in [7, 11) is 0. The second-order valence-electron chi connectivity index (χ2n) is 11.2. The van der Waals surface area contributed by atoms with Gasteiger partial charge in [-0.2, -0.15) is 0 Å². The second-order valence-corrected chi connectivity index (χ2v) is 11.2. The third kappa shape index (κ3) is 4.61. The van der Waals surface area contributed by atoms with Crippen LogP contribution in [0.25, 0.3) is 0 Å². The fourth-order valence-electron chi connectivity index (χ4n) is 7.08. The van der Waals surface area contributed by atoms with Crippen molar-refractivity contribution in [3.63, 3.8) is 0 Å². The molecule has 0 radical (unpaired) electrons. The number of likely N-dealkylation sites (tertiary alicyclic amines) is 1. The van der Waals surface area contributed by atoms with E-state index < -0.39 is 29.1 Å². The zero-order valence-electron chi connectivity index (χ0n) is 23.1. The maximum atomic E-state index is 14.4. The Morgan fingerprint density at radius 3 is 2.33 bits per heavy atom. The van der Waals surface area contributed by atoms with Gasteiger partial charge in [0, 0.05) is 39.3 Å². The van der Waals surface area contributed by atoms with Gasteiger partial charge in [-0.05, 0) is 37.7 Å². The molecule has 210 valence electrons. The predicted molar refractivity (Wildman–Crippen MR) is 147 cm³/mol. The number of nitrogens with zero attached hydrogens (tertiary/aromatic N) is 3. The number of aliphatic hydroxyl groups is 1. The lowest BCUT2D eigenvalue weighted by atomic mass is 9.73. The van der Waals surface area contributed by atoms with Crippen LogP contribution >= 0.6 is 0 Å². The van der Waals surface area contributed by atoms with E-state index in [9.17, 15) is 19.5 Å². The Hall–Kier alpha value is -2.97. The monoisotopic (exact) mass is 535 g/mol. The van der Waals surface area contributed by atoms with E-state index in [0.717, 1.165) is 18.4 Å². The van der Waals surface area contributed by atoms with E-state index in [1.165, 1.54) is 0 Å². The molecular weight excluding hydrogens is 494 g/mol. The number of unbranched alkanes of at least 4 members (excludes halogenated alkanes) is 2. The summed E-state index contributed by atoms with van der Waals surface area (Å²) in [6.45, 7) is 6.46. The highest BCUT2D eigenvalue weighted by Gasteiger charge is 2.75. The molecule has 0 aliphatic carbocycles. The van der Waals surface area contributed by atoms with Gasteiger partial charge in [0.05, 0.1) is 17.4 Å². The smallest absolute Gasteiger partial charge is 0.249 e. The number of ether oxygens (including phenoxy) is 1. The lowest BCUT2D eigenvalue weighted by molar-refractivity contribution is -0.154. The summed E-state index contributed by atoms with van der Waals surface area (Å²) in [5.41, 5.74) is -1.14. The zero-order chi connectivity index (χ0) is 27.6. The number of hydrogen-bond donors (Lipinski definition) is 1. The number of benzene rings is 1. The van der Waals surface area contributed by atoms with E-state index in [2.05, 4.69) is 0 Å². The molecular formula is C31H41N3O5. The minimum Gasteiger partial charge on any atom is -0.396 e. The van der Waals surface area contributed by atoms with Crippen molar-refractivity contribution in [2.24, 2.45) is 11.8 Å². The molecule has 2 fully saturated rings. The molecule has 0 bridgehead atoms. The summed E-state index contributed by atoms with van der Waals surface area (Å²) in [5, 5.41) is 9.27. The van der Waals surface area contributed by atoms with Crippen molar-refractivity contribution >= 4 is 17.7 Å². The van der Waals surface area contributed by atoms with Gasteiger partial charge in [0.1, 0.15) is 11.6 Å². The summed E-state index contributed by atoms with van der Waals surface area (Å²) in [6.07, 6.45) is 11.3. The largest absolute Gasteiger partial charge is 0.396 e. The minimum absolute atomic E-state index is 0.0638. The van der Waals surface area contributed by atoms with Gasteiger partial charge in [0.25, 0.3) is 0 Å². The van der Waals surface area contributed by atoms with Crippen LogP contribution in [-0.4, -0.2) is 87.6 Å². The first-order valence-electron chi connectivity index (χ1n) is 14.5. The number of amides is 3. The van der Waals surface area contributed by atoms with Gasteiger partial charge in [0.15, 0.2) is 0 Å². The fourth-order valence-corrected chi connectivity index (χ4v) is 7.08. The molecule has 4 heterocycles. The van der Waals surface area contributed by atoms with E-state index in [1.54, 1.807) is 9.80 Å². The van der Waals surface area contributed by atoms with Crippen molar-refractivity contribution in [2.45, 2.75) is 69.7 Å². The van der Waals surface area contributed by atoms with E-state index >= 15 is 0 Å². The number of fused-ring (bicyclic) bond motifs is 2. The Morgan fingerprint density at radius 2 is 1.62 bits per heavy atom. The Balaban J connectivity index is 1.57. The lowest BCUT2D eigenvalue weighted by Gasteiger charge is -2.38. The molecule has 0 aromatic heterocycles. The van der Waals surface area contributed by atoms with Crippen LogP contribution in [0.3, 0.4) is 0 Å².